The lowest BCUT2D eigenvalue weighted by atomic mass is 10.1. The summed E-state index contributed by atoms with van der Waals surface area (Å²) in [7, 11) is 0. The van der Waals surface area contributed by atoms with E-state index in [4.69, 9.17) is 17.3 Å². The van der Waals surface area contributed by atoms with Gasteiger partial charge in [0.25, 0.3) is 0 Å². The molecular formula is C8H13ClFN3. The summed E-state index contributed by atoms with van der Waals surface area (Å²) in [6, 6.07) is 0. The van der Waals surface area contributed by atoms with E-state index in [9.17, 15) is 4.39 Å². The van der Waals surface area contributed by atoms with Gasteiger partial charge in [-0.1, -0.05) is 11.6 Å². The number of hydrogen-bond donors (Lipinski definition) is 1. The molecule has 0 spiro atoms. The average molecular weight is 206 g/mol. The first-order valence-electron chi connectivity index (χ1n) is 4.13. The van der Waals surface area contributed by atoms with E-state index >= 15 is 0 Å². The van der Waals surface area contributed by atoms with Crippen molar-refractivity contribution < 1.29 is 4.39 Å². The molecule has 74 valence electrons. The molecule has 1 heterocycles. The van der Waals surface area contributed by atoms with Crippen LogP contribution in [0.25, 0.3) is 0 Å². The molecule has 5 heteroatoms. The number of aromatic nitrogens is 2. The molecule has 0 radical (unpaired) electrons. The molecule has 0 aliphatic rings. The molecule has 0 saturated heterocycles. The normalized spacial score (nSPS) is 15.8. The Morgan fingerprint density at radius 2 is 2.38 bits per heavy atom. The van der Waals surface area contributed by atoms with Gasteiger partial charge in [-0.15, -0.1) is 0 Å². The van der Waals surface area contributed by atoms with Crippen molar-refractivity contribution >= 4 is 11.6 Å². The Balaban J connectivity index is 3.18. The quantitative estimate of drug-likeness (QED) is 0.817. The van der Waals surface area contributed by atoms with E-state index in [1.807, 2.05) is 6.92 Å². The number of nitrogens with zero attached hydrogens (tertiary/aromatic N) is 2. The van der Waals surface area contributed by atoms with Crippen molar-refractivity contribution in [1.29, 1.82) is 0 Å². The number of aryl methyl sites for hydroxylation is 1. The third-order valence-electron chi connectivity index (χ3n) is 1.97. The van der Waals surface area contributed by atoms with E-state index in [-0.39, 0.29) is 6.54 Å². The summed E-state index contributed by atoms with van der Waals surface area (Å²) >= 11 is 5.81. The van der Waals surface area contributed by atoms with Gasteiger partial charge in [0.2, 0.25) is 0 Å². The fourth-order valence-corrected chi connectivity index (χ4v) is 1.56. The molecule has 1 aromatic heterocycles. The second kappa shape index (κ2) is 3.64. The Morgan fingerprint density at radius 3 is 2.85 bits per heavy atom. The first kappa shape index (κ1) is 10.5. The average Bonchev–Trinajstić information content (AvgIpc) is 2.47. The molecule has 0 amide bonds. The SMILES string of the molecule is CCn1ncc(Cl)c1C(C)(F)CN. The van der Waals surface area contributed by atoms with Gasteiger partial charge in [-0.25, -0.2) is 4.39 Å². The largest absolute Gasteiger partial charge is 0.327 e. The molecule has 1 aromatic rings. The lowest BCUT2D eigenvalue weighted by Crippen LogP contribution is -2.30. The molecule has 0 aromatic carbocycles. The van der Waals surface area contributed by atoms with E-state index in [1.54, 1.807) is 0 Å². The topological polar surface area (TPSA) is 43.8 Å². The van der Waals surface area contributed by atoms with Crippen LogP contribution in [0.15, 0.2) is 6.20 Å². The van der Waals surface area contributed by atoms with Crippen LogP contribution in [0.5, 0.6) is 0 Å². The summed E-state index contributed by atoms with van der Waals surface area (Å²) < 4.78 is 15.3. The molecule has 1 rings (SSSR count). The second-order valence-electron chi connectivity index (χ2n) is 3.06. The number of hydrogen-bond acceptors (Lipinski definition) is 2. The van der Waals surface area contributed by atoms with Crippen molar-refractivity contribution in [2.24, 2.45) is 5.73 Å². The number of alkyl halides is 1. The van der Waals surface area contributed by atoms with Gasteiger partial charge in [0.1, 0.15) is 0 Å². The molecule has 1 unspecified atom stereocenters. The Kier molecular flexibility index (Phi) is 2.93. The number of rotatable bonds is 3. The first-order valence-corrected chi connectivity index (χ1v) is 4.51. The molecule has 0 fully saturated rings. The zero-order valence-electron chi connectivity index (χ0n) is 7.72. The summed E-state index contributed by atoms with van der Waals surface area (Å²) in [5.41, 5.74) is 4.07. The zero-order valence-corrected chi connectivity index (χ0v) is 8.48. The van der Waals surface area contributed by atoms with Crippen molar-refractivity contribution in [3.05, 3.63) is 16.9 Å². The summed E-state index contributed by atoms with van der Waals surface area (Å²) in [6.45, 7) is 3.77. The third kappa shape index (κ3) is 1.84. The van der Waals surface area contributed by atoms with Crippen molar-refractivity contribution in [2.75, 3.05) is 6.54 Å². The molecule has 3 nitrogen and oxygen atoms in total. The predicted molar refractivity (Wildman–Crippen MR) is 50.4 cm³/mol. The van der Waals surface area contributed by atoms with Crippen LogP contribution in [0.4, 0.5) is 4.39 Å². The molecule has 1 atom stereocenters. The van der Waals surface area contributed by atoms with Gasteiger partial charge in [0, 0.05) is 13.1 Å². The first-order chi connectivity index (χ1) is 6.03. The van der Waals surface area contributed by atoms with Gasteiger partial charge in [-0.05, 0) is 13.8 Å². The van der Waals surface area contributed by atoms with Gasteiger partial charge < -0.3 is 5.73 Å². The van der Waals surface area contributed by atoms with Gasteiger partial charge in [-0.2, -0.15) is 5.10 Å². The molecular weight excluding hydrogens is 193 g/mol. The van der Waals surface area contributed by atoms with Crippen LogP contribution in [0.3, 0.4) is 0 Å². The smallest absolute Gasteiger partial charge is 0.163 e. The maximum atomic E-state index is 13.8. The van der Waals surface area contributed by atoms with Gasteiger partial charge in [0.15, 0.2) is 5.67 Å². The van der Waals surface area contributed by atoms with Gasteiger partial charge in [0.05, 0.1) is 16.9 Å². The van der Waals surface area contributed by atoms with Gasteiger partial charge >= 0.3 is 0 Å². The Hall–Kier alpha value is -0.610. The minimum atomic E-state index is -1.61. The molecule has 0 saturated carbocycles. The van der Waals surface area contributed by atoms with Gasteiger partial charge in [-0.3, -0.25) is 4.68 Å². The van der Waals surface area contributed by atoms with E-state index in [0.717, 1.165) is 0 Å². The van der Waals surface area contributed by atoms with Crippen LogP contribution in [-0.4, -0.2) is 16.3 Å². The molecule has 0 bridgehead atoms. The Morgan fingerprint density at radius 1 is 1.77 bits per heavy atom. The number of nitrogens with two attached hydrogens (primary N) is 1. The third-order valence-corrected chi connectivity index (χ3v) is 2.25. The van der Waals surface area contributed by atoms with Crippen LogP contribution in [-0.2, 0) is 12.2 Å². The lowest BCUT2D eigenvalue weighted by molar-refractivity contribution is 0.187. The summed E-state index contributed by atoms with van der Waals surface area (Å²) in [6.07, 6.45) is 1.44. The highest BCUT2D eigenvalue weighted by atomic mass is 35.5. The molecule has 0 aliphatic heterocycles. The lowest BCUT2D eigenvalue weighted by Gasteiger charge is -2.19. The van der Waals surface area contributed by atoms with Crippen LogP contribution in [0.2, 0.25) is 5.02 Å². The van der Waals surface area contributed by atoms with Crippen LogP contribution >= 0.6 is 11.6 Å². The van der Waals surface area contributed by atoms with E-state index in [2.05, 4.69) is 5.10 Å². The predicted octanol–water partition coefficient (Wildman–Crippen LogP) is 1.70. The van der Waals surface area contributed by atoms with Crippen LogP contribution in [0.1, 0.15) is 19.5 Å². The maximum absolute atomic E-state index is 13.8. The van der Waals surface area contributed by atoms with Crippen LogP contribution in [0, 0.1) is 0 Å². The fraction of sp³-hybridized carbons (Fsp3) is 0.625. The highest BCUT2D eigenvalue weighted by molar-refractivity contribution is 6.31. The monoisotopic (exact) mass is 205 g/mol. The Labute approximate surface area is 81.7 Å². The van der Waals surface area contributed by atoms with Crippen LogP contribution < -0.4 is 5.73 Å². The van der Waals surface area contributed by atoms with E-state index in [0.29, 0.717) is 17.3 Å². The van der Waals surface area contributed by atoms with Crippen molar-refractivity contribution in [1.82, 2.24) is 9.78 Å². The minimum Gasteiger partial charge on any atom is -0.327 e. The molecule has 2 N–H and O–H groups in total. The van der Waals surface area contributed by atoms with Crippen molar-refractivity contribution in [3.8, 4) is 0 Å². The molecule has 0 aliphatic carbocycles. The highest BCUT2D eigenvalue weighted by Gasteiger charge is 2.30. The maximum Gasteiger partial charge on any atom is 0.163 e. The Bertz CT molecular complexity index is 296. The fourth-order valence-electron chi connectivity index (χ4n) is 1.22. The molecule has 13 heavy (non-hydrogen) atoms. The van der Waals surface area contributed by atoms with Crippen molar-refractivity contribution in [2.45, 2.75) is 26.1 Å². The standard InChI is InChI=1S/C8H13ClFN3/c1-3-13-7(6(9)4-12-13)8(2,10)5-11/h4H,3,5,11H2,1-2H3. The summed E-state index contributed by atoms with van der Waals surface area (Å²) in [5, 5.41) is 4.27. The minimum absolute atomic E-state index is 0.0988. The zero-order chi connectivity index (χ0) is 10.1. The highest BCUT2D eigenvalue weighted by Crippen LogP contribution is 2.30. The van der Waals surface area contributed by atoms with E-state index < -0.39 is 5.67 Å². The van der Waals surface area contributed by atoms with E-state index in [1.165, 1.54) is 17.8 Å². The summed E-state index contributed by atoms with van der Waals surface area (Å²) in [4.78, 5) is 0. The number of halogens is 2. The summed E-state index contributed by atoms with van der Waals surface area (Å²) in [5.74, 6) is 0. The van der Waals surface area contributed by atoms with Crippen molar-refractivity contribution in [3.63, 3.8) is 0 Å². The second-order valence-corrected chi connectivity index (χ2v) is 3.47.